The third-order valence-electron chi connectivity index (χ3n) is 4.98. The molecule has 0 aliphatic heterocycles. The van der Waals surface area contributed by atoms with E-state index >= 15 is 0 Å². The Morgan fingerprint density at radius 1 is 0.926 bits per heavy atom. The number of benzene rings is 2. The molecular formula is C23H29NO2Si. The van der Waals surface area contributed by atoms with Crippen LogP contribution in [-0.2, 0) is 10.8 Å². The summed E-state index contributed by atoms with van der Waals surface area (Å²) in [5, 5.41) is 6.62. The molecule has 27 heavy (non-hydrogen) atoms. The van der Waals surface area contributed by atoms with Gasteiger partial charge in [0.05, 0.1) is 5.69 Å². The monoisotopic (exact) mass is 379 g/mol. The van der Waals surface area contributed by atoms with Crippen LogP contribution in [0.4, 0.5) is 0 Å². The highest BCUT2D eigenvalue weighted by molar-refractivity contribution is 6.99. The summed E-state index contributed by atoms with van der Waals surface area (Å²) in [5.74, 6) is 0.929. The molecule has 0 atom stereocenters. The first-order valence-electron chi connectivity index (χ1n) is 9.61. The minimum atomic E-state index is -2.43. The van der Waals surface area contributed by atoms with Gasteiger partial charge >= 0.3 is 0 Å². The second-order valence-corrected chi connectivity index (χ2v) is 12.4. The number of hydrogen-bond acceptors (Lipinski definition) is 3. The fourth-order valence-corrected chi connectivity index (χ4v) is 8.37. The number of nitrogens with zero attached hydrogens (tertiary/aromatic N) is 1. The molecule has 0 amide bonds. The lowest BCUT2D eigenvalue weighted by molar-refractivity contribution is 0.283. The second kappa shape index (κ2) is 8.24. The van der Waals surface area contributed by atoms with Crippen molar-refractivity contribution in [3.05, 3.63) is 78.2 Å². The summed E-state index contributed by atoms with van der Waals surface area (Å²) in [6.45, 7) is 9.57. The van der Waals surface area contributed by atoms with Crippen molar-refractivity contribution in [3.8, 4) is 0 Å². The van der Waals surface area contributed by atoms with Crippen LogP contribution in [0.15, 0.2) is 71.3 Å². The Kier molecular flexibility index (Phi) is 5.97. The van der Waals surface area contributed by atoms with E-state index in [1.54, 1.807) is 0 Å². The Morgan fingerprint density at radius 3 is 1.93 bits per heavy atom. The maximum Gasteiger partial charge on any atom is 0.261 e. The Hall–Kier alpha value is -2.17. The van der Waals surface area contributed by atoms with E-state index in [0.717, 1.165) is 24.3 Å². The molecule has 0 radical (unpaired) electrons. The highest BCUT2D eigenvalue weighted by Crippen LogP contribution is 2.36. The average molecular weight is 380 g/mol. The van der Waals surface area contributed by atoms with Crippen LogP contribution in [0.1, 0.15) is 38.6 Å². The van der Waals surface area contributed by atoms with E-state index in [0.29, 0.717) is 6.61 Å². The lowest BCUT2D eigenvalue weighted by Gasteiger charge is -2.43. The standard InChI is InChI=1S/C23H29NO2Si/c1-19-18-20(26-24-19)12-11-17-25-27(23(2,3)4,21-13-7-5-8-14-21)22-15-9-6-10-16-22/h5-10,13-16,18H,11-12,17H2,1-4H3. The largest absolute Gasteiger partial charge is 0.407 e. The first-order chi connectivity index (χ1) is 12.9. The summed E-state index contributed by atoms with van der Waals surface area (Å²) in [5.41, 5.74) is 0.929. The third kappa shape index (κ3) is 4.23. The minimum Gasteiger partial charge on any atom is -0.407 e. The number of rotatable bonds is 7. The van der Waals surface area contributed by atoms with E-state index < -0.39 is 8.32 Å². The number of aromatic nitrogens is 1. The quantitative estimate of drug-likeness (QED) is 0.448. The third-order valence-corrected chi connectivity index (χ3v) is 10.0. The highest BCUT2D eigenvalue weighted by Gasteiger charge is 2.49. The normalized spacial score (nSPS) is 12.3. The van der Waals surface area contributed by atoms with E-state index in [4.69, 9.17) is 8.95 Å². The van der Waals surface area contributed by atoms with Crippen molar-refractivity contribution in [2.24, 2.45) is 0 Å². The molecule has 2 aromatic carbocycles. The summed E-state index contributed by atoms with van der Waals surface area (Å²) in [6.07, 6.45) is 1.76. The zero-order valence-corrected chi connectivity index (χ0v) is 17.7. The fourth-order valence-electron chi connectivity index (χ4n) is 3.77. The summed E-state index contributed by atoms with van der Waals surface area (Å²) in [4.78, 5) is 0. The molecule has 142 valence electrons. The van der Waals surface area contributed by atoms with Crippen molar-refractivity contribution in [2.75, 3.05) is 6.61 Å². The maximum atomic E-state index is 6.87. The van der Waals surface area contributed by atoms with Crippen LogP contribution < -0.4 is 10.4 Å². The first kappa shape index (κ1) is 19.6. The van der Waals surface area contributed by atoms with Crippen molar-refractivity contribution >= 4 is 18.7 Å². The van der Waals surface area contributed by atoms with Gasteiger partial charge in [0.2, 0.25) is 0 Å². The lowest BCUT2D eigenvalue weighted by Crippen LogP contribution is -2.66. The van der Waals surface area contributed by atoms with Crippen LogP contribution in [-0.4, -0.2) is 20.1 Å². The van der Waals surface area contributed by atoms with Crippen LogP contribution in [0.3, 0.4) is 0 Å². The number of aryl methyl sites for hydroxylation is 2. The molecule has 0 bridgehead atoms. The van der Waals surface area contributed by atoms with E-state index in [-0.39, 0.29) is 5.04 Å². The van der Waals surface area contributed by atoms with Gasteiger partial charge in [-0.05, 0) is 28.8 Å². The van der Waals surface area contributed by atoms with Crippen molar-refractivity contribution in [2.45, 2.75) is 45.6 Å². The van der Waals surface area contributed by atoms with Gasteiger partial charge in [-0.3, -0.25) is 0 Å². The molecule has 3 rings (SSSR count). The fraction of sp³-hybridized carbons (Fsp3) is 0.348. The zero-order chi connectivity index (χ0) is 19.3. The molecule has 1 heterocycles. The van der Waals surface area contributed by atoms with Crippen molar-refractivity contribution < 1.29 is 8.95 Å². The van der Waals surface area contributed by atoms with Crippen LogP contribution in [0.5, 0.6) is 0 Å². The summed E-state index contributed by atoms with van der Waals surface area (Å²) >= 11 is 0. The molecule has 4 heteroatoms. The topological polar surface area (TPSA) is 35.3 Å². The molecule has 0 aliphatic rings. The van der Waals surface area contributed by atoms with Crippen LogP contribution in [0.2, 0.25) is 5.04 Å². The Balaban J connectivity index is 1.89. The minimum absolute atomic E-state index is 0.0124. The van der Waals surface area contributed by atoms with Gasteiger partial charge in [0.15, 0.2) is 0 Å². The van der Waals surface area contributed by atoms with E-state index in [9.17, 15) is 0 Å². The SMILES string of the molecule is Cc1cc(CCCO[Si](c2ccccc2)(c2ccccc2)C(C)(C)C)on1. The van der Waals surface area contributed by atoms with Crippen molar-refractivity contribution in [3.63, 3.8) is 0 Å². The van der Waals surface area contributed by atoms with Gasteiger partial charge in [0.25, 0.3) is 8.32 Å². The highest BCUT2D eigenvalue weighted by atomic mass is 28.4. The number of hydrogen-bond donors (Lipinski definition) is 0. The van der Waals surface area contributed by atoms with Gasteiger partial charge in [0, 0.05) is 19.1 Å². The predicted molar refractivity (Wildman–Crippen MR) is 113 cm³/mol. The van der Waals surface area contributed by atoms with Gasteiger partial charge in [-0.25, -0.2) is 0 Å². The molecule has 0 aliphatic carbocycles. The van der Waals surface area contributed by atoms with E-state index in [2.05, 4.69) is 86.6 Å². The molecule has 0 fully saturated rings. The molecule has 0 unspecified atom stereocenters. The van der Waals surface area contributed by atoms with Crippen molar-refractivity contribution in [1.29, 1.82) is 0 Å². The van der Waals surface area contributed by atoms with Crippen LogP contribution >= 0.6 is 0 Å². The average Bonchev–Trinajstić information content (AvgIpc) is 3.07. The Labute approximate surface area is 163 Å². The summed E-state index contributed by atoms with van der Waals surface area (Å²) < 4.78 is 12.2. The van der Waals surface area contributed by atoms with Gasteiger partial charge in [-0.15, -0.1) is 0 Å². The van der Waals surface area contributed by atoms with Crippen LogP contribution in [0.25, 0.3) is 0 Å². The Morgan fingerprint density at radius 2 is 1.48 bits per heavy atom. The summed E-state index contributed by atoms with van der Waals surface area (Å²) in [7, 11) is -2.43. The predicted octanol–water partition coefficient (Wildman–Crippen LogP) is 4.49. The molecule has 0 spiro atoms. The Bertz CT molecular complexity index is 798. The molecule has 0 saturated carbocycles. The zero-order valence-electron chi connectivity index (χ0n) is 16.7. The first-order valence-corrected chi connectivity index (χ1v) is 11.5. The molecule has 0 N–H and O–H groups in total. The second-order valence-electron chi connectivity index (χ2n) is 8.05. The van der Waals surface area contributed by atoms with Gasteiger partial charge < -0.3 is 8.95 Å². The van der Waals surface area contributed by atoms with Crippen molar-refractivity contribution in [1.82, 2.24) is 5.16 Å². The van der Waals surface area contributed by atoms with Gasteiger partial charge in [-0.2, -0.15) is 0 Å². The molecule has 1 aromatic heterocycles. The maximum absolute atomic E-state index is 6.87. The van der Waals surface area contributed by atoms with Gasteiger partial charge in [0.1, 0.15) is 5.76 Å². The molecule has 3 nitrogen and oxygen atoms in total. The van der Waals surface area contributed by atoms with E-state index in [1.807, 2.05) is 13.0 Å². The molecule has 0 saturated heterocycles. The molecule has 3 aromatic rings. The van der Waals surface area contributed by atoms with E-state index in [1.165, 1.54) is 10.4 Å². The van der Waals surface area contributed by atoms with Crippen LogP contribution in [0, 0.1) is 6.92 Å². The lowest BCUT2D eigenvalue weighted by atomic mass is 10.2. The van der Waals surface area contributed by atoms with Gasteiger partial charge in [-0.1, -0.05) is 86.6 Å². The summed E-state index contributed by atoms with van der Waals surface area (Å²) in [6, 6.07) is 23.5. The smallest absolute Gasteiger partial charge is 0.261 e. The molecular weight excluding hydrogens is 350 g/mol.